The number of hydrogen-bond donors (Lipinski definition) is 1. The van der Waals surface area contributed by atoms with Gasteiger partial charge < -0.3 is 5.32 Å². The highest BCUT2D eigenvalue weighted by Crippen LogP contribution is 2.21. The van der Waals surface area contributed by atoms with E-state index in [1.807, 2.05) is 25.6 Å². The van der Waals surface area contributed by atoms with Gasteiger partial charge in [-0.05, 0) is 31.8 Å². The average molecular weight is 288 g/mol. The third kappa shape index (κ3) is 4.65. The average Bonchev–Trinajstić information content (AvgIpc) is 2.35. The number of nitrogens with one attached hydrogen (secondary N) is 1. The molecule has 1 rings (SSSR count). The van der Waals surface area contributed by atoms with Crippen molar-refractivity contribution >= 4 is 29.2 Å². The second-order valence-electron chi connectivity index (χ2n) is 4.29. The monoisotopic (exact) mass is 287 g/mol. The molecule has 0 saturated carbocycles. The van der Waals surface area contributed by atoms with E-state index in [0.29, 0.717) is 11.2 Å². The van der Waals surface area contributed by atoms with E-state index in [9.17, 15) is 0 Å². The van der Waals surface area contributed by atoms with E-state index < -0.39 is 0 Å². The van der Waals surface area contributed by atoms with Crippen molar-refractivity contribution in [1.29, 1.82) is 0 Å². The predicted molar refractivity (Wildman–Crippen MR) is 81.9 cm³/mol. The Morgan fingerprint density at radius 1 is 1.33 bits per heavy atom. The summed E-state index contributed by atoms with van der Waals surface area (Å²) in [6.07, 6.45) is 1.93. The molecule has 0 fully saturated rings. The van der Waals surface area contributed by atoms with Crippen LogP contribution in [0.15, 0.2) is 0 Å². The summed E-state index contributed by atoms with van der Waals surface area (Å²) < 4.78 is 0. The molecule has 0 spiro atoms. The fourth-order valence-electron chi connectivity index (χ4n) is 1.54. The molecule has 1 aromatic heterocycles. The minimum Gasteiger partial charge on any atom is -0.367 e. The third-order valence-corrected chi connectivity index (χ3v) is 4.03. The second-order valence-corrected chi connectivity index (χ2v) is 6.04. The Kier molecular flexibility index (Phi) is 6.79. The van der Waals surface area contributed by atoms with Gasteiger partial charge in [-0.1, -0.05) is 25.4 Å². The van der Waals surface area contributed by atoms with Crippen LogP contribution in [0.2, 0.25) is 5.15 Å². The summed E-state index contributed by atoms with van der Waals surface area (Å²) in [6, 6.07) is 0.401. The van der Waals surface area contributed by atoms with Crippen molar-refractivity contribution in [3.8, 4) is 0 Å². The van der Waals surface area contributed by atoms with Gasteiger partial charge in [0, 0.05) is 18.0 Å². The first-order valence-electron chi connectivity index (χ1n) is 6.45. The Bertz CT molecular complexity index is 385. The lowest BCUT2D eigenvalue weighted by Gasteiger charge is -2.16. The lowest BCUT2D eigenvalue weighted by molar-refractivity contribution is 0.760. The SMILES string of the molecule is CCSCCC(C)Nc1nc(CC)nc(Cl)c1C. The number of hydrogen-bond acceptors (Lipinski definition) is 4. The predicted octanol–water partition coefficient (Wildman–Crippen LogP) is 3.94. The van der Waals surface area contributed by atoms with Gasteiger partial charge in [0.2, 0.25) is 0 Å². The van der Waals surface area contributed by atoms with E-state index in [2.05, 4.69) is 29.1 Å². The Morgan fingerprint density at radius 2 is 2.06 bits per heavy atom. The highest BCUT2D eigenvalue weighted by atomic mass is 35.5. The van der Waals surface area contributed by atoms with Crippen molar-refractivity contribution < 1.29 is 0 Å². The van der Waals surface area contributed by atoms with Crippen LogP contribution in [0.1, 0.15) is 38.6 Å². The summed E-state index contributed by atoms with van der Waals surface area (Å²) in [6.45, 7) is 8.35. The van der Waals surface area contributed by atoms with Crippen LogP contribution in [0.3, 0.4) is 0 Å². The molecule has 1 heterocycles. The van der Waals surface area contributed by atoms with Gasteiger partial charge in [0.1, 0.15) is 16.8 Å². The molecule has 0 aliphatic carbocycles. The Morgan fingerprint density at radius 3 is 2.67 bits per heavy atom. The quantitative estimate of drug-likeness (QED) is 0.609. The number of halogens is 1. The number of nitrogens with zero attached hydrogens (tertiary/aromatic N) is 2. The normalized spacial score (nSPS) is 12.5. The van der Waals surface area contributed by atoms with Crippen LogP contribution in [0.5, 0.6) is 0 Å². The van der Waals surface area contributed by atoms with Crippen LogP contribution in [-0.4, -0.2) is 27.5 Å². The molecule has 18 heavy (non-hydrogen) atoms. The van der Waals surface area contributed by atoms with Crippen LogP contribution in [-0.2, 0) is 6.42 Å². The summed E-state index contributed by atoms with van der Waals surface area (Å²) in [5, 5.41) is 3.99. The summed E-state index contributed by atoms with van der Waals surface area (Å²) in [7, 11) is 0. The zero-order chi connectivity index (χ0) is 13.5. The number of rotatable bonds is 7. The Labute approximate surface area is 119 Å². The topological polar surface area (TPSA) is 37.8 Å². The van der Waals surface area contributed by atoms with Gasteiger partial charge in [0.05, 0.1) is 0 Å². The molecular formula is C13H22ClN3S. The molecule has 0 aliphatic heterocycles. The standard InChI is InChI=1S/C13H22ClN3S/c1-5-11-16-12(14)10(4)13(17-11)15-9(3)7-8-18-6-2/h9H,5-8H2,1-4H3,(H,15,16,17). The molecule has 102 valence electrons. The zero-order valence-electron chi connectivity index (χ0n) is 11.6. The van der Waals surface area contributed by atoms with E-state index >= 15 is 0 Å². The molecule has 1 atom stereocenters. The molecular weight excluding hydrogens is 266 g/mol. The maximum Gasteiger partial charge on any atom is 0.137 e. The van der Waals surface area contributed by atoms with Gasteiger partial charge in [-0.25, -0.2) is 9.97 Å². The lowest BCUT2D eigenvalue weighted by atomic mass is 10.2. The van der Waals surface area contributed by atoms with Gasteiger partial charge in [0.15, 0.2) is 0 Å². The number of aryl methyl sites for hydroxylation is 1. The van der Waals surface area contributed by atoms with Crippen LogP contribution < -0.4 is 5.32 Å². The summed E-state index contributed by atoms with van der Waals surface area (Å²) in [4.78, 5) is 8.75. The van der Waals surface area contributed by atoms with Crippen molar-refractivity contribution in [3.63, 3.8) is 0 Å². The van der Waals surface area contributed by atoms with Crippen molar-refractivity contribution in [3.05, 3.63) is 16.5 Å². The maximum absolute atomic E-state index is 6.11. The van der Waals surface area contributed by atoms with Crippen molar-refractivity contribution in [2.24, 2.45) is 0 Å². The van der Waals surface area contributed by atoms with Gasteiger partial charge in [0.25, 0.3) is 0 Å². The minimum absolute atomic E-state index is 0.401. The van der Waals surface area contributed by atoms with Crippen molar-refractivity contribution in [2.75, 3.05) is 16.8 Å². The van der Waals surface area contributed by atoms with Crippen LogP contribution >= 0.6 is 23.4 Å². The maximum atomic E-state index is 6.11. The molecule has 1 unspecified atom stereocenters. The number of aromatic nitrogens is 2. The van der Waals surface area contributed by atoms with Gasteiger partial charge in [-0.2, -0.15) is 11.8 Å². The second kappa shape index (κ2) is 7.85. The lowest BCUT2D eigenvalue weighted by Crippen LogP contribution is -2.18. The smallest absolute Gasteiger partial charge is 0.137 e. The summed E-state index contributed by atoms with van der Waals surface area (Å²) in [5.41, 5.74) is 0.934. The molecule has 5 heteroatoms. The molecule has 3 nitrogen and oxygen atoms in total. The first-order chi connectivity index (χ1) is 8.58. The summed E-state index contributed by atoms with van der Waals surface area (Å²) in [5.74, 6) is 4.01. The highest BCUT2D eigenvalue weighted by molar-refractivity contribution is 7.99. The van der Waals surface area contributed by atoms with Crippen LogP contribution in [0.25, 0.3) is 0 Å². The third-order valence-electron chi connectivity index (χ3n) is 2.73. The molecule has 0 aromatic carbocycles. The zero-order valence-corrected chi connectivity index (χ0v) is 13.2. The number of thioether (sulfide) groups is 1. The Balaban J connectivity index is 2.68. The van der Waals surface area contributed by atoms with Crippen LogP contribution in [0, 0.1) is 6.92 Å². The van der Waals surface area contributed by atoms with Crippen LogP contribution in [0.4, 0.5) is 5.82 Å². The molecule has 0 bridgehead atoms. The van der Waals surface area contributed by atoms with E-state index in [0.717, 1.165) is 30.0 Å². The van der Waals surface area contributed by atoms with Gasteiger partial charge >= 0.3 is 0 Å². The van der Waals surface area contributed by atoms with E-state index in [1.54, 1.807) is 0 Å². The van der Waals surface area contributed by atoms with Gasteiger partial charge in [-0.3, -0.25) is 0 Å². The van der Waals surface area contributed by atoms with Crippen molar-refractivity contribution in [1.82, 2.24) is 9.97 Å². The molecule has 1 aromatic rings. The molecule has 1 N–H and O–H groups in total. The Hall–Kier alpha value is -0.480. The molecule has 0 saturated heterocycles. The highest BCUT2D eigenvalue weighted by Gasteiger charge is 2.10. The number of anilines is 1. The van der Waals surface area contributed by atoms with E-state index in [-0.39, 0.29) is 0 Å². The van der Waals surface area contributed by atoms with E-state index in [4.69, 9.17) is 11.6 Å². The van der Waals surface area contributed by atoms with Crippen molar-refractivity contribution in [2.45, 2.75) is 46.6 Å². The first kappa shape index (κ1) is 15.6. The fraction of sp³-hybridized carbons (Fsp3) is 0.692. The molecule has 0 radical (unpaired) electrons. The molecule has 0 aliphatic rings. The van der Waals surface area contributed by atoms with Gasteiger partial charge in [-0.15, -0.1) is 0 Å². The molecule has 0 amide bonds. The summed E-state index contributed by atoms with van der Waals surface area (Å²) >= 11 is 8.08. The fourth-order valence-corrected chi connectivity index (χ4v) is 2.54. The van der Waals surface area contributed by atoms with E-state index in [1.165, 1.54) is 11.5 Å². The minimum atomic E-state index is 0.401. The largest absolute Gasteiger partial charge is 0.367 e. The first-order valence-corrected chi connectivity index (χ1v) is 7.99.